The Morgan fingerprint density at radius 2 is 1.34 bits per heavy atom. The van der Waals surface area contributed by atoms with Gasteiger partial charge in [-0.2, -0.15) is 44.3 Å². The lowest BCUT2D eigenvalue weighted by molar-refractivity contribution is -0.143. The molecule has 0 amide bonds. The third-order valence-corrected chi connectivity index (χ3v) is 8.48. The van der Waals surface area contributed by atoms with E-state index in [1.54, 1.807) is 0 Å². The van der Waals surface area contributed by atoms with Crippen LogP contribution in [0, 0.1) is 0 Å². The second kappa shape index (κ2) is 13.0. The zero-order valence-electron chi connectivity index (χ0n) is 24.5. The third kappa shape index (κ3) is 8.92. The van der Waals surface area contributed by atoms with Gasteiger partial charge in [0.1, 0.15) is 0 Å². The molecule has 4 rings (SSSR count). The molecule has 0 fully saturated rings. The van der Waals surface area contributed by atoms with Crippen LogP contribution in [0.2, 0.25) is 5.02 Å². The summed E-state index contributed by atoms with van der Waals surface area (Å²) in [5.74, 6) is -0.309. The molecule has 0 bridgehead atoms. The summed E-state index contributed by atoms with van der Waals surface area (Å²) >= 11 is 6.45. The first-order chi connectivity index (χ1) is 21.5. The molecular formula is C28H24ClF9N6O2S. The van der Waals surface area contributed by atoms with Gasteiger partial charge < -0.3 is 4.90 Å². The normalized spacial score (nSPS) is 13.0. The van der Waals surface area contributed by atoms with E-state index in [1.165, 1.54) is 32.3 Å². The van der Waals surface area contributed by atoms with E-state index >= 15 is 0 Å². The SMILES string of the molecule is CN(Cc1ccc(Cl)c(-c2ccc(C(F)(F)F)cc2CN(Cc2cc(C(F)(F)F)cc(C(F)(F)F)c2)c2nnn(C)n2)c1)S(C)(=O)=O. The lowest BCUT2D eigenvalue weighted by Crippen LogP contribution is -2.25. The number of rotatable bonds is 9. The second-order valence-electron chi connectivity index (χ2n) is 10.6. The van der Waals surface area contributed by atoms with Crippen LogP contribution in [0.5, 0.6) is 0 Å². The van der Waals surface area contributed by atoms with Crippen LogP contribution in [0.4, 0.5) is 45.5 Å². The van der Waals surface area contributed by atoms with Crippen LogP contribution >= 0.6 is 11.6 Å². The predicted molar refractivity (Wildman–Crippen MR) is 153 cm³/mol. The summed E-state index contributed by atoms with van der Waals surface area (Å²) in [5, 5.41) is 11.5. The summed E-state index contributed by atoms with van der Waals surface area (Å²) in [6.07, 6.45) is -14.1. The van der Waals surface area contributed by atoms with Gasteiger partial charge in [0.2, 0.25) is 10.0 Å². The lowest BCUT2D eigenvalue weighted by atomic mass is 9.95. The monoisotopic (exact) mass is 714 g/mol. The van der Waals surface area contributed by atoms with Gasteiger partial charge in [0.15, 0.2) is 0 Å². The molecule has 47 heavy (non-hydrogen) atoms. The lowest BCUT2D eigenvalue weighted by Gasteiger charge is -2.25. The van der Waals surface area contributed by atoms with Crippen LogP contribution < -0.4 is 4.90 Å². The van der Waals surface area contributed by atoms with Gasteiger partial charge >= 0.3 is 18.5 Å². The minimum atomic E-state index is -5.15. The van der Waals surface area contributed by atoms with Gasteiger partial charge in [-0.1, -0.05) is 28.8 Å². The molecule has 0 atom stereocenters. The number of hydrogen-bond acceptors (Lipinski definition) is 6. The quantitative estimate of drug-likeness (QED) is 0.171. The Balaban J connectivity index is 1.87. The highest BCUT2D eigenvalue weighted by molar-refractivity contribution is 7.88. The van der Waals surface area contributed by atoms with Crippen molar-refractivity contribution in [3.05, 3.63) is 93.0 Å². The van der Waals surface area contributed by atoms with E-state index in [0.717, 1.165) is 38.5 Å². The maximum Gasteiger partial charge on any atom is 0.416 e. The van der Waals surface area contributed by atoms with Crippen molar-refractivity contribution < 1.29 is 47.9 Å². The number of aromatic nitrogens is 4. The van der Waals surface area contributed by atoms with Gasteiger partial charge in [0.25, 0.3) is 5.95 Å². The Kier molecular flexibility index (Phi) is 9.91. The van der Waals surface area contributed by atoms with Crippen molar-refractivity contribution in [1.82, 2.24) is 24.5 Å². The summed E-state index contributed by atoms with van der Waals surface area (Å²) in [7, 11) is -0.967. The molecule has 0 N–H and O–H groups in total. The van der Waals surface area contributed by atoms with Crippen molar-refractivity contribution >= 4 is 27.6 Å². The van der Waals surface area contributed by atoms with E-state index < -0.39 is 63.9 Å². The minimum Gasteiger partial charge on any atom is -0.330 e. The number of tetrazole rings is 1. The van der Waals surface area contributed by atoms with Gasteiger partial charge in [-0.3, -0.25) is 0 Å². The van der Waals surface area contributed by atoms with E-state index in [-0.39, 0.29) is 40.3 Å². The van der Waals surface area contributed by atoms with E-state index in [0.29, 0.717) is 17.7 Å². The number of hydrogen-bond donors (Lipinski definition) is 0. The minimum absolute atomic E-state index is 0.0461. The Morgan fingerprint density at radius 1 is 0.745 bits per heavy atom. The van der Waals surface area contributed by atoms with E-state index in [9.17, 15) is 47.9 Å². The summed E-state index contributed by atoms with van der Waals surface area (Å²) in [6.45, 7) is -1.39. The highest BCUT2D eigenvalue weighted by Crippen LogP contribution is 2.39. The number of sulfonamides is 1. The van der Waals surface area contributed by atoms with Crippen LogP contribution in [0.25, 0.3) is 11.1 Å². The summed E-state index contributed by atoms with van der Waals surface area (Å²) in [6, 6.07) is 7.96. The van der Waals surface area contributed by atoms with Crippen LogP contribution in [-0.2, 0) is 55.2 Å². The molecule has 4 aromatic rings. The van der Waals surface area contributed by atoms with Crippen molar-refractivity contribution in [2.75, 3.05) is 18.2 Å². The molecule has 0 radical (unpaired) electrons. The molecule has 0 spiro atoms. The fourth-order valence-electron chi connectivity index (χ4n) is 4.55. The number of nitrogens with zero attached hydrogens (tertiary/aromatic N) is 6. The van der Waals surface area contributed by atoms with Crippen molar-refractivity contribution in [3.63, 3.8) is 0 Å². The first kappa shape index (κ1) is 35.9. The first-order valence-corrected chi connectivity index (χ1v) is 15.4. The fourth-order valence-corrected chi connectivity index (χ4v) is 5.15. The summed E-state index contributed by atoms with van der Waals surface area (Å²) in [5.41, 5.74) is -4.16. The first-order valence-electron chi connectivity index (χ1n) is 13.2. The maximum atomic E-state index is 13.9. The molecule has 0 aliphatic rings. The number of aryl methyl sites for hydroxylation is 1. The molecule has 254 valence electrons. The maximum absolute atomic E-state index is 13.9. The Bertz CT molecular complexity index is 1840. The topological polar surface area (TPSA) is 84.2 Å². The van der Waals surface area contributed by atoms with Crippen molar-refractivity contribution in [3.8, 4) is 11.1 Å². The number of halogens is 10. The van der Waals surface area contributed by atoms with Crippen molar-refractivity contribution in [2.24, 2.45) is 7.05 Å². The molecule has 0 saturated carbocycles. The molecular weight excluding hydrogens is 691 g/mol. The van der Waals surface area contributed by atoms with Crippen molar-refractivity contribution in [2.45, 2.75) is 38.2 Å². The molecule has 3 aromatic carbocycles. The molecule has 0 unspecified atom stereocenters. The largest absolute Gasteiger partial charge is 0.416 e. The van der Waals surface area contributed by atoms with E-state index in [4.69, 9.17) is 11.6 Å². The number of alkyl halides is 9. The van der Waals surface area contributed by atoms with Crippen molar-refractivity contribution in [1.29, 1.82) is 0 Å². The average molecular weight is 715 g/mol. The molecule has 0 aliphatic carbocycles. The van der Waals surface area contributed by atoms with Crippen LogP contribution in [-0.4, -0.2) is 46.2 Å². The van der Waals surface area contributed by atoms with Gasteiger partial charge in [0, 0.05) is 37.3 Å². The summed E-state index contributed by atoms with van der Waals surface area (Å²) < 4.78 is 148. The standard InChI is InChI=1S/C28H24ClF9N6O2S/c1-42(47(3,45)46)13-16-4-7-24(29)23(10-16)22-6-5-19(26(30,31)32)11-18(22)15-44(25-39-41-43(2)40-25)14-17-8-20(27(33,34)35)12-21(9-17)28(36,37)38/h4-12H,13-15H2,1-3H3. The van der Waals surface area contributed by atoms with Crippen LogP contribution in [0.15, 0.2) is 54.6 Å². The molecule has 0 saturated heterocycles. The average Bonchev–Trinajstić information content (AvgIpc) is 3.38. The molecule has 19 heteroatoms. The number of anilines is 1. The van der Waals surface area contributed by atoms with Gasteiger partial charge in [-0.15, -0.1) is 5.10 Å². The third-order valence-electron chi connectivity index (χ3n) is 6.89. The summed E-state index contributed by atoms with van der Waals surface area (Å²) in [4.78, 5) is 2.01. The Labute approximate surface area is 267 Å². The molecule has 0 aliphatic heterocycles. The highest BCUT2D eigenvalue weighted by Gasteiger charge is 2.37. The smallest absolute Gasteiger partial charge is 0.330 e. The Morgan fingerprint density at radius 3 is 1.85 bits per heavy atom. The van der Waals surface area contributed by atoms with Crippen LogP contribution in [0.1, 0.15) is 33.4 Å². The molecule has 1 aromatic heterocycles. The van der Waals surface area contributed by atoms with Gasteiger partial charge in [-0.25, -0.2) is 12.7 Å². The zero-order valence-corrected chi connectivity index (χ0v) is 26.1. The van der Waals surface area contributed by atoms with Gasteiger partial charge in [-0.05, 0) is 69.9 Å². The predicted octanol–water partition coefficient (Wildman–Crippen LogP) is 7.19. The van der Waals surface area contributed by atoms with E-state index in [2.05, 4.69) is 15.4 Å². The molecule has 8 nitrogen and oxygen atoms in total. The Hall–Kier alpha value is -3.90. The van der Waals surface area contributed by atoms with Crippen LogP contribution in [0.3, 0.4) is 0 Å². The number of benzene rings is 3. The van der Waals surface area contributed by atoms with Gasteiger partial charge in [0.05, 0.1) is 30.0 Å². The molecule has 1 heterocycles. The highest BCUT2D eigenvalue weighted by atomic mass is 35.5. The fraction of sp³-hybridized carbons (Fsp3) is 0.321. The van der Waals surface area contributed by atoms with E-state index in [1.807, 2.05) is 0 Å². The second-order valence-corrected chi connectivity index (χ2v) is 13.0. The zero-order chi connectivity index (χ0) is 35.1.